The van der Waals surface area contributed by atoms with E-state index < -0.39 is 0 Å². The van der Waals surface area contributed by atoms with E-state index in [-0.39, 0.29) is 0 Å². The molecule has 1 rings (SSSR count). The number of hydrogen-bond acceptors (Lipinski definition) is 4. The summed E-state index contributed by atoms with van der Waals surface area (Å²) in [5, 5.41) is 0. The minimum Gasteiger partial charge on any atom is -0.211 e. The van der Waals surface area contributed by atoms with Gasteiger partial charge in [-0.2, -0.15) is 9.98 Å². The van der Waals surface area contributed by atoms with Crippen LogP contribution in [0.2, 0.25) is 0 Å². The Labute approximate surface area is 82.1 Å². The van der Waals surface area contributed by atoms with Gasteiger partial charge in [0, 0.05) is 4.47 Å². The Kier molecular flexibility index (Phi) is 3.29. The van der Waals surface area contributed by atoms with Crippen LogP contribution in [0.25, 0.3) is 0 Å². The number of rotatable bonds is 2. The molecule has 1 aromatic rings. The molecular weight excluding hydrogens is 236 g/mol. The molecule has 0 bridgehead atoms. The van der Waals surface area contributed by atoms with E-state index in [1.807, 2.05) is 0 Å². The van der Waals surface area contributed by atoms with E-state index in [0.29, 0.717) is 15.8 Å². The van der Waals surface area contributed by atoms with E-state index in [1.165, 1.54) is 18.2 Å². The molecule has 5 heteroatoms. The van der Waals surface area contributed by atoms with Gasteiger partial charge in [0.2, 0.25) is 12.2 Å². The van der Waals surface area contributed by atoms with Gasteiger partial charge in [0.05, 0.1) is 11.4 Å². The fourth-order valence-corrected chi connectivity index (χ4v) is 1.26. The lowest BCUT2D eigenvalue weighted by atomic mass is 10.3. The molecular formula is C8H3BrN2O2. The van der Waals surface area contributed by atoms with Crippen LogP contribution in [-0.4, -0.2) is 12.2 Å². The smallest absolute Gasteiger partial charge is 0.211 e. The first-order valence-corrected chi connectivity index (χ1v) is 4.02. The molecule has 0 saturated heterocycles. The summed E-state index contributed by atoms with van der Waals surface area (Å²) in [6, 6.07) is 4.68. The van der Waals surface area contributed by atoms with Crippen LogP contribution >= 0.6 is 15.9 Å². The molecule has 0 fully saturated rings. The Bertz CT molecular complexity index is 382. The summed E-state index contributed by atoms with van der Waals surface area (Å²) in [5.41, 5.74) is 0.775. The van der Waals surface area contributed by atoms with Gasteiger partial charge in [-0.1, -0.05) is 15.9 Å². The number of isocyanates is 2. The molecule has 0 aliphatic carbocycles. The van der Waals surface area contributed by atoms with Crippen molar-refractivity contribution in [3.63, 3.8) is 0 Å². The van der Waals surface area contributed by atoms with E-state index in [4.69, 9.17) is 0 Å². The van der Waals surface area contributed by atoms with Crippen molar-refractivity contribution >= 4 is 39.5 Å². The minimum atomic E-state index is 0.387. The lowest BCUT2D eigenvalue weighted by Gasteiger charge is -1.94. The lowest BCUT2D eigenvalue weighted by molar-refractivity contribution is 0.565. The third-order valence-electron chi connectivity index (χ3n) is 1.22. The van der Waals surface area contributed by atoms with Gasteiger partial charge < -0.3 is 0 Å². The van der Waals surface area contributed by atoms with Crippen LogP contribution in [0.15, 0.2) is 32.7 Å². The number of hydrogen-bond donors (Lipinski definition) is 0. The van der Waals surface area contributed by atoms with Crippen LogP contribution in [0, 0.1) is 0 Å². The fraction of sp³-hybridized carbons (Fsp3) is 0. The van der Waals surface area contributed by atoms with Gasteiger partial charge in [0.1, 0.15) is 0 Å². The summed E-state index contributed by atoms with van der Waals surface area (Å²) in [7, 11) is 0. The average molecular weight is 239 g/mol. The van der Waals surface area contributed by atoms with Crippen molar-refractivity contribution < 1.29 is 9.59 Å². The van der Waals surface area contributed by atoms with Crippen LogP contribution in [0.3, 0.4) is 0 Å². The standard InChI is InChI=1S/C8H3BrN2O2/c9-6-1-7(10-4-12)3-8(2-6)11-5-13/h1-3H. The Morgan fingerprint density at radius 1 is 1.00 bits per heavy atom. The van der Waals surface area contributed by atoms with E-state index >= 15 is 0 Å². The number of benzene rings is 1. The van der Waals surface area contributed by atoms with Gasteiger partial charge in [-0.25, -0.2) is 9.59 Å². The molecule has 0 unspecified atom stereocenters. The maximum atomic E-state index is 9.94. The van der Waals surface area contributed by atoms with Crippen LogP contribution < -0.4 is 0 Å². The quantitative estimate of drug-likeness (QED) is 0.587. The van der Waals surface area contributed by atoms with Crippen molar-refractivity contribution in [1.82, 2.24) is 0 Å². The van der Waals surface area contributed by atoms with Gasteiger partial charge >= 0.3 is 0 Å². The molecule has 1 aromatic carbocycles. The lowest BCUT2D eigenvalue weighted by Crippen LogP contribution is -1.68. The molecule has 64 valence electrons. The third-order valence-corrected chi connectivity index (χ3v) is 1.67. The molecule has 0 radical (unpaired) electrons. The van der Waals surface area contributed by atoms with Crippen molar-refractivity contribution in [3.05, 3.63) is 22.7 Å². The zero-order chi connectivity index (χ0) is 9.68. The third kappa shape index (κ3) is 2.76. The van der Waals surface area contributed by atoms with Crippen molar-refractivity contribution in [2.45, 2.75) is 0 Å². The number of aliphatic imine (C=N–C) groups is 2. The average Bonchev–Trinajstić information content (AvgIpc) is 2.04. The molecule has 0 atom stereocenters. The Hall–Kier alpha value is -1.54. The van der Waals surface area contributed by atoms with Gasteiger partial charge in [-0.3, -0.25) is 0 Å². The molecule has 0 saturated carbocycles. The van der Waals surface area contributed by atoms with Crippen molar-refractivity contribution in [3.8, 4) is 0 Å². The number of nitrogens with zero attached hydrogens (tertiary/aromatic N) is 2. The molecule has 0 aliphatic rings. The molecule has 0 aromatic heterocycles. The Morgan fingerprint density at radius 2 is 1.46 bits per heavy atom. The highest BCUT2D eigenvalue weighted by atomic mass is 79.9. The summed E-state index contributed by atoms with van der Waals surface area (Å²) >= 11 is 3.17. The fourth-order valence-electron chi connectivity index (χ4n) is 0.794. The summed E-state index contributed by atoms with van der Waals surface area (Å²) in [6.07, 6.45) is 2.79. The van der Waals surface area contributed by atoms with E-state index in [0.717, 1.165) is 0 Å². The summed E-state index contributed by atoms with van der Waals surface area (Å²) < 4.78 is 0.679. The SMILES string of the molecule is O=C=Nc1cc(Br)cc(N=C=O)c1. The van der Waals surface area contributed by atoms with Gasteiger partial charge in [-0.15, -0.1) is 0 Å². The second-order valence-electron chi connectivity index (χ2n) is 2.07. The minimum absolute atomic E-state index is 0.387. The monoisotopic (exact) mass is 238 g/mol. The first kappa shape index (κ1) is 9.55. The second-order valence-corrected chi connectivity index (χ2v) is 2.99. The molecule has 0 spiro atoms. The van der Waals surface area contributed by atoms with E-state index in [1.54, 1.807) is 12.1 Å². The van der Waals surface area contributed by atoms with Crippen LogP contribution in [-0.2, 0) is 9.59 Å². The Morgan fingerprint density at radius 3 is 1.85 bits per heavy atom. The predicted octanol–water partition coefficient (Wildman–Crippen LogP) is 2.38. The predicted molar refractivity (Wildman–Crippen MR) is 49.7 cm³/mol. The van der Waals surface area contributed by atoms with Crippen molar-refractivity contribution in [1.29, 1.82) is 0 Å². The number of carbonyl (C=O) groups excluding carboxylic acids is 2. The highest BCUT2D eigenvalue weighted by Crippen LogP contribution is 2.26. The van der Waals surface area contributed by atoms with Gasteiger partial charge in [-0.05, 0) is 18.2 Å². The van der Waals surface area contributed by atoms with Crippen molar-refractivity contribution in [2.75, 3.05) is 0 Å². The summed E-state index contributed by atoms with van der Waals surface area (Å²) in [5.74, 6) is 0. The molecule has 0 aliphatic heterocycles. The van der Waals surface area contributed by atoms with E-state index in [2.05, 4.69) is 25.9 Å². The molecule has 4 nitrogen and oxygen atoms in total. The topological polar surface area (TPSA) is 58.9 Å². The highest BCUT2D eigenvalue weighted by Gasteiger charge is 1.96. The molecule has 0 N–H and O–H groups in total. The van der Waals surface area contributed by atoms with Gasteiger partial charge in [0.25, 0.3) is 0 Å². The van der Waals surface area contributed by atoms with Crippen LogP contribution in [0.5, 0.6) is 0 Å². The maximum absolute atomic E-state index is 9.94. The van der Waals surface area contributed by atoms with E-state index in [9.17, 15) is 9.59 Å². The largest absolute Gasteiger partial charge is 0.240 e. The van der Waals surface area contributed by atoms with Crippen LogP contribution in [0.4, 0.5) is 11.4 Å². The highest BCUT2D eigenvalue weighted by molar-refractivity contribution is 9.10. The Balaban J connectivity index is 3.25. The maximum Gasteiger partial charge on any atom is 0.240 e. The first-order valence-electron chi connectivity index (χ1n) is 3.22. The first-order chi connectivity index (χ1) is 6.26. The second kappa shape index (κ2) is 4.48. The zero-order valence-corrected chi connectivity index (χ0v) is 7.91. The van der Waals surface area contributed by atoms with Crippen molar-refractivity contribution in [2.24, 2.45) is 9.98 Å². The van der Waals surface area contributed by atoms with Crippen LogP contribution in [0.1, 0.15) is 0 Å². The normalized spacial score (nSPS) is 8.38. The molecule has 13 heavy (non-hydrogen) atoms. The zero-order valence-electron chi connectivity index (χ0n) is 6.32. The molecule has 0 heterocycles. The molecule has 0 amide bonds. The number of halogens is 1. The van der Waals surface area contributed by atoms with Gasteiger partial charge in [0.15, 0.2) is 0 Å². The summed E-state index contributed by atoms with van der Waals surface area (Å²) in [4.78, 5) is 26.6. The summed E-state index contributed by atoms with van der Waals surface area (Å²) in [6.45, 7) is 0.